The predicted octanol–water partition coefficient (Wildman–Crippen LogP) is 2.54. The third-order valence-corrected chi connectivity index (χ3v) is 4.86. The number of ether oxygens (including phenoxy) is 3. The van der Waals surface area contributed by atoms with Gasteiger partial charge in [-0.3, -0.25) is 4.68 Å². The second kappa shape index (κ2) is 7.45. The van der Waals surface area contributed by atoms with Crippen molar-refractivity contribution in [1.29, 1.82) is 0 Å². The van der Waals surface area contributed by atoms with Gasteiger partial charge in [-0.1, -0.05) is 6.07 Å². The SMILES string of the molecule is CCn1cc([C@H]2OCC[C@@H]2CNCc2ccc3c(c2)OCCO3)cn1. The first-order valence-corrected chi connectivity index (χ1v) is 9.06. The van der Waals surface area contributed by atoms with E-state index in [1.165, 1.54) is 11.1 Å². The molecule has 134 valence electrons. The van der Waals surface area contributed by atoms with Crippen molar-refractivity contribution in [3.63, 3.8) is 0 Å². The van der Waals surface area contributed by atoms with E-state index in [-0.39, 0.29) is 6.10 Å². The van der Waals surface area contributed by atoms with Crippen molar-refractivity contribution < 1.29 is 14.2 Å². The average molecular weight is 343 g/mol. The molecule has 2 aliphatic heterocycles. The lowest BCUT2D eigenvalue weighted by Gasteiger charge is -2.20. The molecule has 0 unspecified atom stereocenters. The number of rotatable bonds is 6. The van der Waals surface area contributed by atoms with E-state index in [9.17, 15) is 0 Å². The van der Waals surface area contributed by atoms with Crippen LogP contribution in [0.3, 0.4) is 0 Å². The minimum Gasteiger partial charge on any atom is -0.486 e. The molecule has 1 saturated heterocycles. The number of hydrogen-bond donors (Lipinski definition) is 1. The first-order valence-electron chi connectivity index (χ1n) is 9.06. The zero-order chi connectivity index (χ0) is 17.1. The van der Waals surface area contributed by atoms with E-state index >= 15 is 0 Å². The minimum absolute atomic E-state index is 0.146. The van der Waals surface area contributed by atoms with Crippen molar-refractivity contribution >= 4 is 0 Å². The Kier molecular flexibility index (Phi) is 4.90. The zero-order valence-corrected chi connectivity index (χ0v) is 14.6. The average Bonchev–Trinajstić information content (AvgIpc) is 3.30. The van der Waals surface area contributed by atoms with Crippen LogP contribution < -0.4 is 14.8 Å². The van der Waals surface area contributed by atoms with Crippen molar-refractivity contribution in [1.82, 2.24) is 15.1 Å². The molecular weight excluding hydrogens is 318 g/mol. The summed E-state index contributed by atoms with van der Waals surface area (Å²) in [5.74, 6) is 2.17. The summed E-state index contributed by atoms with van der Waals surface area (Å²) >= 11 is 0. The summed E-state index contributed by atoms with van der Waals surface area (Å²) in [6.45, 7) is 6.79. The molecule has 2 aromatic rings. The molecule has 1 aromatic heterocycles. The van der Waals surface area contributed by atoms with Crippen molar-refractivity contribution in [2.75, 3.05) is 26.4 Å². The molecule has 25 heavy (non-hydrogen) atoms. The molecule has 1 N–H and O–H groups in total. The zero-order valence-electron chi connectivity index (χ0n) is 14.6. The van der Waals surface area contributed by atoms with Crippen molar-refractivity contribution in [2.45, 2.75) is 32.5 Å². The van der Waals surface area contributed by atoms with Crippen molar-refractivity contribution in [3.05, 3.63) is 41.7 Å². The van der Waals surface area contributed by atoms with Gasteiger partial charge >= 0.3 is 0 Å². The Morgan fingerprint density at radius 3 is 2.92 bits per heavy atom. The third kappa shape index (κ3) is 3.65. The Hall–Kier alpha value is -2.05. The van der Waals surface area contributed by atoms with Gasteiger partial charge < -0.3 is 19.5 Å². The molecule has 0 radical (unpaired) electrons. The molecule has 0 aliphatic carbocycles. The topological polar surface area (TPSA) is 57.5 Å². The summed E-state index contributed by atoms with van der Waals surface area (Å²) in [7, 11) is 0. The number of hydrogen-bond acceptors (Lipinski definition) is 5. The fraction of sp³-hybridized carbons (Fsp3) is 0.526. The van der Waals surface area contributed by atoms with E-state index in [1.54, 1.807) is 0 Å². The maximum Gasteiger partial charge on any atom is 0.161 e. The van der Waals surface area contributed by atoms with Crippen LogP contribution >= 0.6 is 0 Å². The molecule has 0 bridgehead atoms. The summed E-state index contributed by atoms with van der Waals surface area (Å²) in [4.78, 5) is 0. The maximum absolute atomic E-state index is 5.96. The molecule has 0 amide bonds. The number of fused-ring (bicyclic) bond motifs is 1. The van der Waals surface area contributed by atoms with Crippen LogP contribution in [0.1, 0.15) is 30.6 Å². The van der Waals surface area contributed by atoms with Crippen LogP contribution in [0.2, 0.25) is 0 Å². The molecule has 3 heterocycles. The fourth-order valence-corrected chi connectivity index (χ4v) is 3.51. The second-order valence-corrected chi connectivity index (χ2v) is 6.58. The van der Waals surface area contributed by atoms with Crippen LogP contribution in [0.4, 0.5) is 0 Å². The van der Waals surface area contributed by atoms with E-state index in [0.717, 1.165) is 44.2 Å². The van der Waals surface area contributed by atoms with E-state index < -0.39 is 0 Å². The van der Waals surface area contributed by atoms with Crippen LogP contribution in [0.25, 0.3) is 0 Å². The van der Waals surface area contributed by atoms with Gasteiger partial charge in [0.15, 0.2) is 11.5 Å². The van der Waals surface area contributed by atoms with Gasteiger partial charge in [-0.2, -0.15) is 5.10 Å². The number of nitrogens with zero attached hydrogens (tertiary/aromatic N) is 2. The smallest absolute Gasteiger partial charge is 0.161 e. The molecule has 2 aliphatic rings. The lowest BCUT2D eigenvalue weighted by molar-refractivity contribution is 0.0903. The second-order valence-electron chi connectivity index (χ2n) is 6.58. The number of nitrogens with one attached hydrogen (secondary N) is 1. The van der Waals surface area contributed by atoms with Crippen LogP contribution in [0.5, 0.6) is 11.5 Å². The molecule has 1 aromatic carbocycles. The normalized spacial score (nSPS) is 22.3. The number of aryl methyl sites for hydroxylation is 1. The van der Waals surface area contributed by atoms with Gasteiger partial charge in [0.1, 0.15) is 13.2 Å². The molecule has 0 saturated carbocycles. The largest absolute Gasteiger partial charge is 0.486 e. The highest BCUT2D eigenvalue weighted by molar-refractivity contribution is 5.43. The standard InChI is InChI=1S/C19H25N3O3/c1-2-22-13-16(12-21-22)19-15(5-6-25-19)11-20-10-14-3-4-17-18(9-14)24-8-7-23-17/h3-4,9,12-13,15,19-20H,2,5-8,10-11H2,1H3/t15-,19+/m1/s1. The number of aromatic nitrogens is 2. The third-order valence-electron chi connectivity index (χ3n) is 4.86. The molecule has 1 fully saturated rings. The lowest BCUT2D eigenvalue weighted by atomic mass is 9.97. The van der Waals surface area contributed by atoms with E-state index in [0.29, 0.717) is 19.1 Å². The fourth-order valence-electron chi connectivity index (χ4n) is 3.51. The summed E-state index contributed by atoms with van der Waals surface area (Å²) < 4.78 is 19.1. The molecule has 4 rings (SSSR count). The van der Waals surface area contributed by atoms with E-state index in [4.69, 9.17) is 14.2 Å². The maximum atomic E-state index is 5.96. The van der Waals surface area contributed by atoms with Crippen LogP contribution in [-0.2, 0) is 17.8 Å². The first kappa shape index (κ1) is 16.4. The van der Waals surface area contributed by atoms with Crippen LogP contribution in [0.15, 0.2) is 30.6 Å². The highest BCUT2D eigenvalue weighted by Gasteiger charge is 2.30. The molecule has 2 atom stereocenters. The Balaban J connectivity index is 1.33. The molecule has 0 spiro atoms. The monoisotopic (exact) mass is 343 g/mol. The number of benzene rings is 1. The predicted molar refractivity (Wildman–Crippen MR) is 93.8 cm³/mol. The summed E-state index contributed by atoms with van der Waals surface area (Å²) in [5.41, 5.74) is 2.39. The molecule has 6 nitrogen and oxygen atoms in total. The van der Waals surface area contributed by atoms with E-state index in [1.807, 2.05) is 16.9 Å². The molecule has 6 heteroatoms. The summed E-state index contributed by atoms with van der Waals surface area (Å²) in [6, 6.07) is 6.15. The van der Waals surface area contributed by atoms with Crippen LogP contribution in [0, 0.1) is 5.92 Å². The van der Waals surface area contributed by atoms with Gasteiger partial charge in [0.25, 0.3) is 0 Å². The Morgan fingerprint density at radius 2 is 2.08 bits per heavy atom. The van der Waals surface area contributed by atoms with Gasteiger partial charge in [-0.05, 0) is 31.0 Å². The Labute approximate surface area is 148 Å². The van der Waals surface area contributed by atoms with Crippen molar-refractivity contribution in [3.8, 4) is 11.5 Å². The Bertz CT molecular complexity index is 716. The lowest BCUT2D eigenvalue weighted by Crippen LogP contribution is -2.24. The van der Waals surface area contributed by atoms with Gasteiger partial charge in [-0.15, -0.1) is 0 Å². The van der Waals surface area contributed by atoms with Gasteiger partial charge in [0.2, 0.25) is 0 Å². The van der Waals surface area contributed by atoms with Gasteiger partial charge in [-0.25, -0.2) is 0 Å². The van der Waals surface area contributed by atoms with Gasteiger partial charge in [0.05, 0.1) is 12.3 Å². The summed E-state index contributed by atoms with van der Waals surface area (Å²) in [5, 5.41) is 7.94. The first-order chi connectivity index (χ1) is 12.3. The van der Waals surface area contributed by atoms with Crippen LogP contribution in [-0.4, -0.2) is 36.1 Å². The Morgan fingerprint density at radius 1 is 1.20 bits per heavy atom. The minimum atomic E-state index is 0.146. The van der Waals surface area contributed by atoms with Gasteiger partial charge in [0, 0.05) is 43.9 Å². The van der Waals surface area contributed by atoms with E-state index in [2.05, 4.69) is 35.7 Å². The highest BCUT2D eigenvalue weighted by atomic mass is 16.6. The quantitative estimate of drug-likeness (QED) is 0.873. The van der Waals surface area contributed by atoms with Crippen molar-refractivity contribution in [2.24, 2.45) is 5.92 Å². The summed E-state index contributed by atoms with van der Waals surface area (Å²) in [6.07, 6.45) is 5.26. The highest BCUT2D eigenvalue weighted by Crippen LogP contribution is 2.34. The molecular formula is C19H25N3O3.